The predicted octanol–water partition coefficient (Wildman–Crippen LogP) is 1.09. The molecule has 1 aromatic heterocycles. The predicted molar refractivity (Wildman–Crippen MR) is 66.7 cm³/mol. The first-order valence-corrected chi connectivity index (χ1v) is 5.87. The molecule has 0 saturated heterocycles. The molecule has 0 aliphatic rings. The lowest BCUT2D eigenvalue weighted by molar-refractivity contribution is 0.0915. The van der Waals surface area contributed by atoms with Crippen LogP contribution in [0, 0.1) is 17.2 Å². The van der Waals surface area contributed by atoms with Gasteiger partial charge in [-0.3, -0.25) is 4.79 Å². The average Bonchev–Trinajstić information content (AvgIpc) is 2.38. The Kier molecular flexibility index (Phi) is 5.28. The summed E-state index contributed by atoms with van der Waals surface area (Å²) in [5.74, 6) is -0.120. The van der Waals surface area contributed by atoms with Gasteiger partial charge in [-0.1, -0.05) is 13.8 Å². The average molecular weight is 247 g/mol. The SMILES string of the molecule is CC(C)C(O)CCNC(=O)c1ccc(C#N)cn1. The summed E-state index contributed by atoms with van der Waals surface area (Å²) in [6.07, 6.45) is 1.46. The Labute approximate surface area is 106 Å². The Balaban J connectivity index is 2.43. The number of hydrogen-bond acceptors (Lipinski definition) is 4. The molecule has 0 saturated carbocycles. The lowest BCUT2D eigenvalue weighted by Crippen LogP contribution is -2.29. The van der Waals surface area contributed by atoms with Gasteiger partial charge in [0.25, 0.3) is 5.91 Å². The van der Waals surface area contributed by atoms with Crippen molar-refractivity contribution >= 4 is 5.91 Å². The molecule has 5 nitrogen and oxygen atoms in total. The second-order valence-electron chi connectivity index (χ2n) is 4.40. The van der Waals surface area contributed by atoms with Crippen molar-refractivity contribution in [2.24, 2.45) is 5.92 Å². The van der Waals surface area contributed by atoms with Gasteiger partial charge in [0.1, 0.15) is 11.8 Å². The lowest BCUT2D eigenvalue weighted by atomic mass is 10.0. The van der Waals surface area contributed by atoms with E-state index in [1.165, 1.54) is 12.3 Å². The second kappa shape index (κ2) is 6.72. The number of nitrogens with one attached hydrogen (secondary N) is 1. The molecule has 18 heavy (non-hydrogen) atoms. The maximum Gasteiger partial charge on any atom is 0.269 e. The molecule has 0 aliphatic heterocycles. The van der Waals surface area contributed by atoms with Crippen LogP contribution in [0.3, 0.4) is 0 Å². The van der Waals surface area contributed by atoms with Crippen molar-refractivity contribution in [3.63, 3.8) is 0 Å². The summed E-state index contributed by atoms with van der Waals surface area (Å²) < 4.78 is 0. The van der Waals surface area contributed by atoms with Crippen LogP contribution in [0.1, 0.15) is 36.3 Å². The molecule has 1 heterocycles. The third kappa shape index (κ3) is 4.15. The summed E-state index contributed by atoms with van der Waals surface area (Å²) in [5.41, 5.74) is 0.690. The highest BCUT2D eigenvalue weighted by atomic mass is 16.3. The molecule has 0 radical (unpaired) electrons. The van der Waals surface area contributed by atoms with Crippen molar-refractivity contribution in [2.75, 3.05) is 6.54 Å². The molecular weight excluding hydrogens is 230 g/mol. The van der Waals surface area contributed by atoms with Crippen LogP contribution in [0.15, 0.2) is 18.3 Å². The Hall–Kier alpha value is -1.93. The van der Waals surface area contributed by atoms with Crippen molar-refractivity contribution < 1.29 is 9.90 Å². The number of carbonyl (C=O) groups excluding carboxylic acids is 1. The molecule has 0 aromatic carbocycles. The van der Waals surface area contributed by atoms with Gasteiger partial charge in [0.15, 0.2) is 0 Å². The standard InChI is InChI=1S/C13H17N3O2/c1-9(2)12(17)5-6-15-13(18)11-4-3-10(7-14)8-16-11/h3-4,8-9,12,17H,5-6H2,1-2H3,(H,15,18). The Morgan fingerprint density at radius 3 is 2.78 bits per heavy atom. The molecule has 0 fully saturated rings. The van der Waals surface area contributed by atoms with Gasteiger partial charge in [-0.2, -0.15) is 5.26 Å². The highest BCUT2D eigenvalue weighted by Gasteiger charge is 2.11. The Morgan fingerprint density at radius 2 is 2.28 bits per heavy atom. The highest BCUT2D eigenvalue weighted by Crippen LogP contribution is 2.04. The molecule has 96 valence electrons. The van der Waals surface area contributed by atoms with E-state index >= 15 is 0 Å². The number of aliphatic hydroxyl groups excluding tert-OH is 1. The number of nitriles is 1. The van der Waals surface area contributed by atoms with Crippen molar-refractivity contribution in [3.05, 3.63) is 29.6 Å². The van der Waals surface area contributed by atoms with E-state index in [1.54, 1.807) is 6.07 Å². The molecular formula is C13H17N3O2. The molecule has 0 aliphatic carbocycles. The van der Waals surface area contributed by atoms with Crippen LogP contribution in [0.5, 0.6) is 0 Å². The molecule has 0 bridgehead atoms. The number of pyridine rings is 1. The van der Waals surface area contributed by atoms with Crippen LogP contribution in [0.4, 0.5) is 0 Å². The normalized spacial score (nSPS) is 11.9. The third-order valence-electron chi connectivity index (χ3n) is 2.62. The summed E-state index contributed by atoms with van der Waals surface area (Å²) >= 11 is 0. The summed E-state index contributed by atoms with van der Waals surface area (Å²) in [5, 5.41) is 20.9. The van der Waals surface area contributed by atoms with Crippen LogP contribution in [-0.4, -0.2) is 28.6 Å². The van der Waals surface area contributed by atoms with Crippen LogP contribution < -0.4 is 5.32 Å². The fraction of sp³-hybridized carbons (Fsp3) is 0.462. The largest absolute Gasteiger partial charge is 0.393 e. The van der Waals surface area contributed by atoms with Gasteiger partial charge in [-0.25, -0.2) is 4.98 Å². The van der Waals surface area contributed by atoms with E-state index in [4.69, 9.17) is 5.26 Å². The lowest BCUT2D eigenvalue weighted by Gasteiger charge is -2.14. The van der Waals surface area contributed by atoms with Gasteiger partial charge in [-0.05, 0) is 24.5 Å². The van der Waals surface area contributed by atoms with E-state index in [-0.39, 0.29) is 17.5 Å². The molecule has 5 heteroatoms. The number of hydrogen-bond donors (Lipinski definition) is 2. The van der Waals surface area contributed by atoms with Gasteiger partial charge < -0.3 is 10.4 Å². The number of aromatic nitrogens is 1. The fourth-order valence-electron chi connectivity index (χ4n) is 1.35. The van der Waals surface area contributed by atoms with Crippen LogP contribution in [0.25, 0.3) is 0 Å². The first-order valence-electron chi connectivity index (χ1n) is 5.87. The van der Waals surface area contributed by atoms with E-state index in [2.05, 4.69) is 10.3 Å². The number of nitrogens with zero attached hydrogens (tertiary/aromatic N) is 2. The van der Waals surface area contributed by atoms with E-state index < -0.39 is 6.10 Å². The minimum absolute atomic E-state index is 0.176. The summed E-state index contributed by atoms with van der Waals surface area (Å²) in [6, 6.07) is 4.99. The van der Waals surface area contributed by atoms with Gasteiger partial charge >= 0.3 is 0 Å². The van der Waals surface area contributed by atoms with E-state index in [1.807, 2.05) is 19.9 Å². The zero-order valence-corrected chi connectivity index (χ0v) is 10.6. The van der Waals surface area contributed by atoms with Crippen molar-refractivity contribution in [1.29, 1.82) is 5.26 Å². The third-order valence-corrected chi connectivity index (χ3v) is 2.62. The zero-order valence-electron chi connectivity index (χ0n) is 10.6. The van der Waals surface area contributed by atoms with E-state index in [0.29, 0.717) is 18.5 Å². The Morgan fingerprint density at radius 1 is 1.56 bits per heavy atom. The summed E-state index contributed by atoms with van der Waals surface area (Å²) in [4.78, 5) is 15.5. The number of rotatable bonds is 5. The zero-order chi connectivity index (χ0) is 13.5. The van der Waals surface area contributed by atoms with Crippen LogP contribution >= 0.6 is 0 Å². The Bertz CT molecular complexity index is 435. The number of carbonyl (C=O) groups is 1. The molecule has 1 atom stereocenters. The molecule has 1 amide bonds. The fourth-order valence-corrected chi connectivity index (χ4v) is 1.35. The molecule has 1 unspecified atom stereocenters. The summed E-state index contributed by atoms with van der Waals surface area (Å²) in [6.45, 7) is 4.25. The number of amides is 1. The van der Waals surface area contributed by atoms with Crippen LogP contribution in [-0.2, 0) is 0 Å². The van der Waals surface area contributed by atoms with Crippen LogP contribution in [0.2, 0.25) is 0 Å². The minimum Gasteiger partial charge on any atom is -0.393 e. The first-order chi connectivity index (χ1) is 8.54. The molecule has 2 N–H and O–H groups in total. The van der Waals surface area contributed by atoms with Crippen molar-refractivity contribution in [2.45, 2.75) is 26.4 Å². The molecule has 1 rings (SSSR count). The van der Waals surface area contributed by atoms with Crippen molar-refractivity contribution in [3.8, 4) is 6.07 Å². The van der Waals surface area contributed by atoms with E-state index in [9.17, 15) is 9.90 Å². The highest BCUT2D eigenvalue weighted by molar-refractivity contribution is 5.92. The maximum absolute atomic E-state index is 11.7. The number of aliphatic hydroxyl groups is 1. The molecule has 1 aromatic rings. The minimum atomic E-state index is -0.417. The van der Waals surface area contributed by atoms with E-state index in [0.717, 1.165) is 0 Å². The molecule has 0 spiro atoms. The topological polar surface area (TPSA) is 86.0 Å². The van der Waals surface area contributed by atoms with Crippen molar-refractivity contribution in [1.82, 2.24) is 10.3 Å². The smallest absolute Gasteiger partial charge is 0.269 e. The maximum atomic E-state index is 11.7. The monoisotopic (exact) mass is 247 g/mol. The second-order valence-corrected chi connectivity index (χ2v) is 4.40. The first kappa shape index (κ1) is 14.1. The quantitative estimate of drug-likeness (QED) is 0.815. The van der Waals surface area contributed by atoms with Gasteiger partial charge in [0.2, 0.25) is 0 Å². The van der Waals surface area contributed by atoms with Gasteiger partial charge in [0.05, 0.1) is 11.7 Å². The van der Waals surface area contributed by atoms with Gasteiger partial charge in [-0.15, -0.1) is 0 Å². The van der Waals surface area contributed by atoms with Gasteiger partial charge in [0, 0.05) is 12.7 Å². The summed E-state index contributed by atoms with van der Waals surface area (Å²) in [7, 11) is 0.